The van der Waals surface area contributed by atoms with Crippen LogP contribution in [-0.2, 0) is 23.8 Å². The minimum absolute atomic E-state index is 0.162. The zero-order valence-corrected chi connectivity index (χ0v) is 21.7. The molecule has 1 aliphatic heterocycles. The van der Waals surface area contributed by atoms with Crippen LogP contribution in [0.2, 0.25) is 0 Å². The van der Waals surface area contributed by atoms with Crippen molar-refractivity contribution in [2.24, 2.45) is 4.99 Å². The molecule has 1 amide bonds. The Balaban J connectivity index is 1.90. The summed E-state index contributed by atoms with van der Waals surface area (Å²) < 4.78 is 27.1. The molecule has 35 heavy (non-hydrogen) atoms. The zero-order valence-electron chi connectivity index (χ0n) is 20.9. The second-order valence-corrected chi connectivity index (χ2v) is 9.10. The predicted molar refractivity (Wildman–Crippen MR) is 133 cm³/mol. The number of hydrogen-bond acceptors (Lipinski definition) is 10. The number of nitrogens with zero attached hydrogens (tertiary/aromatic N) is 1. The lowest BCUT2D eigenvalue weighted by Gasteiger charge is -2.24. The number of carbonyl (C=O) groups is 2. The van der Waals surface area contributed by atoms with Gasteiger partial charge in [-0.3, -0.25) is 14.6 Å². The van der Waals surface area contributed by atoms with Gasteiger partial charge in [-0.1, -0.05) is 13.3 Å². The lowest BCUT2D eigenvalue weighted by molar-refractivity contribution is -0.125. The van der Waals surface area contributed by atoms with Crippen LogP contribution in [0.25, 0.3) is 0 Å². The predicted octanol–water partition coefficient (Wildman–Crippen LogP) is 2.54. The van der Waals surface area contributed by atoms with Crippen LogP contribution in [-0.4, -0.2) is 74.3 Å². The van der Waals surface area contributed by atoms with Crippen LogP contribution in [0.15, 0.2) is 26.3 Å². The molecule has 2 rings (SSSR count). The molecule has 1 aromatic rings. The van der Waals surface area contributed by atoms with E-state index in [-0.39, 0.29) is 18.3 Å². The highest BCUT2D eigenvalue weighted by Gasteiger charge is 2.40. The van der Waals surface area contributed by atoms with E-state index in [0.717, 1.165) is 6.42 Å². The lowest BCUT2D eigenvalue weighted by atomic mass is 10.0. The number of hydrogen-bond donors (Lipinski definition) is 1. The van der Waals surface area contributed by atoms with E-state index in [2.05, 4.69) is 10.3 Å². The summed E-state index contributed by atoms with van der Waals surface area (Å²) in [5.41, 5.74) is -1.63. The van der Waals surface area contributed by atoms with Crippen LogP contribution in [0.1, 0.15) is 52.3 Å². The van der Waals surface area contributed by atoms with Crippen molar-refractivity contribution in [3.63, 3.8) is 0 Å². The number of carbonyl (C=O) groups excluding carboxylic acids is 2. The van der Waals surface area contributed by atoms with Gasteiger partial charge in [0, 0.05) is 25.3 Å². The van der Waals surface area contributed by atoms with E-state index in [4.69, 9.17) is 23.4 Å². The topological polar surface area (TPSA) is 126 Å². The van der Waals surface area contributed by atoms with E-state index < -0.39 is 17.2 Å². The van der Waals surface area contributed by atoms with Gasteiger partial charge < -0.3 is 28.7 Å². The number of rotatable bonds is 17. The monoisotopic (exact) mass is 512 g/mol. The van der Waals surface area contributed by atoms with E-state index in [0.29, 0.717) is 68.4 Å². The van der Waals surface area contributed by atoms with Crippen molar-refractivity contribution >= 4 is 28.5 Å². The molecule has 0 fully saturated rings. The second-order valence-electron chi connectivity index (χ2n) is 8.14. The third kappa shape index (κ3) is 9.75. The van der Waals surface area contributed by atoms with Gasteiger partial charge in [-0.25, -0.2) is 4.79 Å². The van der Waals surface area contributed by atoms with Gasteiger partial charge in [-0.05, 0) is 20.3 Å². The van der Waals surface area contributed by atoms with E-state index in [9.17, 15) is 14.4 Å². The SMILES string of the molecule is CCC[C@@H](NC(=O)[C@]1(C)CSC(C(C)=O)=N1)c1cc(OCCOCCOCCOCC)cc(=O)o1. The van der Waals surface area contributed by atoms with Crippen molar-refractivity contribution in [1.82, 2.24) is 5.32 Å². The largest absolute Gasteiger partial charge is 0.491 e. The van der Waals surface area contributed by atoms with Crippen LogP contribution in [0.5, 0.6) is 5.75 Å². The van der Waals surface area contributed by atoms with Gasteiger partial charge >= 0.3 is 5.63 Å². The van der Waals surface area contributed by atoms with Gasteiger partial charge in [0.2, 0.25) is 5.91 Å². The average Bonchev–Trinajstić information content (AvgIpc) is 3.23. The highest BCUT2D eigenvalue weighted by atomic mass is 32.2. The Bertz CT molecular complexity index is 919. The molecule has 0 unspecified atom stereocenters. The Morgan fingerprint density at radius 3 is 2.37 bits per heavy atom. The highest BCUT2D eigenvalue weighted by molar-refractivity contribution is 8.16. The minimum Gasteiger partial charge on any atom is -0.491 e. The van der Waals surface area contributed by atoms with E-state index in [1.54, 1.807) is 13.0 Å². The Labute approximate surface area is 210 Å². The maximum atomic E-state index is 13.0. The van der Waals surface area contributed by atoms with Crippen molar-refractivity contribution in [3.05, 3.63) is 28.3 Å². The maximum absolute atomic E-state index is 13.0. The molecule has 0 saturated carbocycles. The van der Waals surface area contributed by atoms with Crippen molar-refractivity contribution in [2.75, 3.05) is 52.0 Å². The number of ether oxygens (including phenoxy) is 4. The smallest absolute Gasteiger partial charge is 0.339 e. The molecule has 0 aromatic carbocycles. The molecule has 11 heteroatoms. The number of nitrogens with one attached hydrogen (secondary N) is 1. The Morgan fingerprint density at radius 1 is 1.11 bits per heavy atom. The summed E-state index contributed by atoms with van der Waals surface area (Å²) in [6.07, 6.45) is 1.30. The lowest BCUT2D eigenvalue weighted by Crippen LogP contribution is -2.45. The van der Waals surface area contributed by atoms with Crippen LogP contribution in [0, 0.1) is 0 Å². The van der Waals surface area contributed by atoms with Gasteiger partial charge in [-0.15, -0.1) is 11.8 Å². The van der Waals surface area contributed by atoms with Crippen molar-refractivity contribution in [3.8, 4) is 5.75 Å². The molecule has 196 valence electrons. The Morgan fingerprint density at radius 2 is 1.77 bits per heavy atom. The van der Waals surface area contributed by atoms with Crippen LogP contribution in [0.3, 0.4) is 0 Å². The summed E-state index contributed by atoms with van der Waals surface area (Å²) in [5.74, 6) is 0.521. The molecule has 0 spiro atoms. The van der Waals surface area contributed by atoms with E-state index in [1.807, 2.05) is 13.8 Å². The van der Waals surface area contributed by atoms with Gasteiger partial charge in [0.1, 0.15) is 28.7 Å². The molecule has 10 nitrogen and oxygen atoms in total. The van der Waals surface area contributed by atoms with Crippen LogP contribution < -0.4 is 15.7 Å². The fourth-order valence-electron chi connectivity index (χ4n) is 3.21. The van der Waals surface area contributed by atoms with Gasteiger partial charge in [0.05, 0.1) is 45.1 Å². The number of ketones is 1. The quantitative estimate of drug-likeness (QED) is 0.313. The number of aliphatic imine (C=N–C) groups is 1. The van der Waals surface area contributed by atoms with Crippen molar-refractivity contribution in [2.45, 2.75) is 52.1 Å². The second kappa shape index (κ2) is 15.0. The molecule has 1 aromatic heterocycles. The molecular weight excluding hydrogens is 476 g/mol. The molecule has 2 atom stereocenters. The maximum Gasteiger partial charge on any atom is 0.339 e. The molecule has 1 N–H and O–H groups in total. The fraction of sp³-hybridized carbons (Fsp3) is 0.667. The summed E-state index contributed by atoms with van der Waals surface area (Å²) in [6, 6.07) is 2.32. The Kier molecular flexibility index (Phi) is 12.5. The zero-order chi connectivity index (χ0) is 25.7. The highest BCUT2D eigenvalue weighted by Crippen LogP contribution is 2.30. The average molecular weight is 513 g/mol. The standard InChI is InChI=1S/C24H36N2O8S/c1-5-7-19(25-23(29)24(4)16-35-22(26-24)17(3)27)20-14-18(15-21(28)34-20)33-13-12-32-11-10-31-9-8-30-6-2/h14-15,19H,5-13,16H2,1-4H3,(H,25,29)/t19-,24+/m1/s1. The fourth-order valence-corrected chi connectivity index (χ4v) is 4.30. The first-order valence-electron chi connectivity index (χ1n) is 11.8. The summed E-state index contributed by atoms with van der Waals surface area (Å²) in [6.45, 7) is 10.2. The van der Waals surface area contributed by atoms with Crippen molar-refractivity contribution < 1.29 is 33.0 Å². The number of Topliss-reactive ketones (excluding diaryl/α,β-unsaturated/α-hetero) is 1. The molecular formula is C24H36N2O8S. The van der Waals surface area contributed by atoms with Crippen LogP contribution in [0.4, 0.5) is 0 Å². The van der Waals surface area contributed by atoms with Gasteiger partial charge in [-0.2, -0.15) is 0 Å². The first-order chi connectivity index (χ1) is 16.8. The first kappa shape index (κ1) is 29.0. The summed E-state index contributed by atoms with van der Waals surface area (Å²) >= 11 is 1.27. The third-order valence-electron chi connectivity index (χ3n) is 5.06. The third-order valence-corrected chi connectivity index (χ3v) is 6.42. The molecule has 1 aliphatic rings. The van der Waals surface area contributed by atoms with E-state index in [1.165, 1.54) is 24.8 Å². The number of amides is 1. The van der Waals surface area contributed by atoms with E-state index >= 15 is 0 Å². The normalized spacial score (nSPS) is 18.2. The molecule has 2 heterocycles. The molecule has 0 radical (unpaired) electrons. The molecule has 0 aliphatic carbocycles. The van der Waals surface area contributed by atoms with Crippen LogP contribution >= 0.6 is 11.8 Å². The van der Waals surface area contributed by atoms with Gasteiger partial charge in [0.25, 0.3) is 0 Å². The Hall–Kier alpha value is -2.21. The minimum atomic E-state index is -1.06. The number of thioether (sulfide) groups is 1. The summed E-state index contributed by atoms with van der Waals surface area (Å²) in [4.78, 5) is 41.1. The molecule has 0 bridgehead atoms. The molecule has 0 saturated heterocycles. The van der Waals surface area contributed by atoms with Gasteiger partial charge in [0.15, 0.2) is 5.78 Å². The summed E-state index contributed by atoms with van der Waals surface area (Å²) in [5, 5.41) is 3.28. The summed E-state index contributed by atoms with van der Waals surface area (Å²) in [7, 11) is 0. The van der Waals surface area contributed by atoms with Crippen molar-refractivity contribution in [1.29, 1.82) is 0 Å². The first-order valence-corrected chi connectivity index (χ1v) is 12.8.